The van der Waals surface area contributed by atoms with Gasteiger partial charge in [-0.25, -0.2) is 4.98 Å². The summed E-state index contributed by atoms with van der Waals surface area (Å²) in [6.07, 6.45) is 2.23. The number of imidazole rings is 1. The fourth-order valence-corrected chi connectivity index (χ4v) is 5.99. The maximum Gasteiger partial charge on any atom is 0.387 e. The van der Waals surface area contributed by atoms with Gasteiger partial charge in [-0.2, -0.15) is 8.78 Å². The quantitative estimate of drug-likeness (QED) is 0.403. The maximum atomic E-state index is 13.9. The van der Waals surface area contributed by atoms with Crippen molar-refractivity contribution in [1.29, 1.82) is 0 Å². The lowest BCUT2D eigenvalue weighted by molar-refractivity contribution is -0.0507. The van der Waals surface area contributed by atoms with E-state index in [1.54, 1.807) is 38.2 Å². The van der Waals surface area contributed by atoms with Gasteiger partial charge < -0.3 is 19.3 Å². The van der Waals surface area contributed by atoms with E-state index >= 15 is 0 Å². The molecule has 0 aliphatic carbocycles. The van der Waals surface area contributed by atoms with E-state index in [2.05, 4.69) is 9.55 Å². The van der Waals surface area contributed by atoms with Crippen LogP contribution in [0, 0.1) is 0 Å². The molecule has 2 aromatic heterocycles. The first-order valence-electron chi connectivity index (χ1n) is 13.0. The average molecular weight is 526 g/mol. The summed E-state index contributed by atoms with van der Waals surface area (Å²) in [5.74, 6) is 0.512. The number of rotatable bonds is 5. The van der Waals surface area contributed by atoms with Crippen molar-refractivity contribution in [3.05, 3.63) is 77.4 Å². The van der Waals surface area contributed by atoms with Crippen molar-refractivity contribution >= 4 is 40.5 Å². The predicted octanol–water partition coefficient (Wildman–Crippen LogP) is 1.93. The molecule has 2 atom stereocenters. The van der Waals surface area contributed by atoms with Crippen molar-refractivity contribution in [3.8, 4) is 16.9 Å². The number of aliphatic hydroxyl groups is 1. The molecule has 0 spiro atoms. The largest absolute Gasteiger partial charge is 0.434 e. The van der Waals surface area contributed by atoms with Crippen LogP contribution in [-0.2, 0) is 5.60 Å². The topological polar surface area (TPSA) is 80.5 Å². The van der Waals surface area contributed by atoms with Crippen LogP contribution in [0.2, 0.25) is 0 Å². The van der Waals surface area contributed by atoms with Crippen molar-refractivity contribution in [1.82, 2.24) is 19.4 Å². The lowest BCUT2D eigenvalue weighted by Crippen LogP contribution is -2.54. The van der Waals surface area contributed by atoms with Gasteiger partial charge in [0.1, 0.15) is 40.7 Å². The van der Waals surface area contributed by atoms with Gasteiger partial charge in [0, 0.05) is 29.3 Å². The Bertz CT molecular complexity index is 1610. The number of amides is 1. The molecule has 196 valence electrons. The molecule has 2 aromatic carbocycles. The standard InChI is InChI=1S/C27H27B3F2N4O3/c1-26(2,38)21-9-7-14(12-33-21)13-6-8-16-17(10-13)35-18-11-19(23(35)34-16)36(27(28,29)30)24(37)15-4-3-5-20(22(15)18)39-25(31)32/h3-10,12,18-19,25,38H,11,28-30H2,1-2H3/t18-,19-/m1/s1. The van der Waals surface area contributed by atoms with Gasteiger partial charge in [-0.3, -0.25) is 9.78 Å². The highest BCUT2D eigenvalue weighted by atomic mass is 19.3. The Morgan fingerprint density at radius 1 is 1.08 bits per heavy atom. The van der Waals surface area contributed by atoms with E-state index in [9.17, 15) is 18.7 Å². The number of benzene rings is 2. The molecule has 39 heavy (non-hydrogen) atoms. The summed E-state index contributed by atoms with van der Waals surface area (Å²) in [6.45, 7) is 0.357. The van der Waals surface area contributed by atoms with Gasteiger partial charge in [-0.15, -0.1) is 0 Å². The number of nitrogens with zero attached hydrogens (tertiary/aromatic N) is 4. The second-order valence-electron chi connectivity index (χ2n) is 11.7. The van der Waals surface area contributed by atoms with Crippen LogP contribution in [0.3, 0.4) is 0 Å². The lowest BCUT2D eigenvalue weighted by Gasteiger charge is -2.40. The third-order valence-electron chi connectivity index (χ3n) is 7.60. The van der Waals surface area contributed by atoms with Gasteiger partial charge in [0.05, 0.1) is 28.8 Å². The predicted molar refractivity (Wildman–Crippen MR) is 151 cm³/mol. The van der Waals surface area contributed by atoms with Gasteiger partial charge in [0.25, 0.3) is 5.91 Å². The molecule has 6 rings (SSSR count). The van der Waals surface area contributed by atoms with Gasteiger partial charge in [0.15, 0.2) is 0 Å². The van der Waals surface area contributed by atoms with Crippen LogP contribution >= 0.6 is 0 Å². The molecule has 12 heteroatoms. The van der Waals surface area contributed by atoms with Crippen LogP contribution < -0.4 is 4.74 Å². The Morgan fingerprint density at radius 2 is 1.82 bits per heavy atom. The van der Waals surface area contributed by atoms with E-state index in [4.69, 9.17) is 9.72 Å². The van der Waals surface area contributed by atoms with Crippen LogP contribution in [0.15, 0.2) is 54.7 Å². The molecule has 0 radical (unpaired) electrons. The minimum absolute atomic E-state index is 0.00706. The molecule has 0 saturated carbocycles. The highest BCUT2D eigenvalue weighted by molar-refractivity contribution is 6.60. The Morgan fingerprint density at radius 3 is 2.46 bits per heavy atom. The highest BCUT2D eigenvalue weighted by Gasteiger charge is 2.48. The number of halogens is 2. The Balaban J connectivity index is 1.56. The molecule has 2 aliphatic heterocycles. The smallest absolute Gasteiger partial charge is 0.387 e. The van der Waals surface area contributed by atoms with Gasteiger partial charge in [-0.1, -0.05) is 18.2 Å². The van der Waals surface area contributed by atoms with E-state index in [-0.39, 0.29) is 17.7 Å². The number of ether oxygens (including phenoxy) is 1. The molecule has 2 aliphatic rings. The number of fused-ring (bicyclic) bond motifs is 9. The summed E-state index contributed by atoms with van der Waals surface area (Å²) in [5, 5.41) is 9.73. The van der Waals surface area contributed by atoms with Crippen molar-refractivity contribution in [2.24, 2.45) is 0 Å². The second-order valence-corrected chi connectivity index (χ2v) is 11.7. The van der Waals surface area contributed by atoms with Crippen LogP contribution in [0.4, 0.5) is 8.78 Å². The monoisotopic (exact) mass is 526 g/mol. The molecule has 1 N–H and O–H groups in total. The van der Waals surface area contributed by atoms with Crippen molar-refractivity contribution in [2.45, 2.75) is 49.8 Å². The summed E-state index contributed by atoms with van der Waals surface area (Å²) < 4.78 is 34.0. The molecule has 1 amide bonds. The zero-order valence-electron chi connectivity index (χ0n) is 22.4. The Hall–Kier alpha value is -3.66. The first-order chi connectivity index (χ1) is 18.3. The summed E-state index contributed by atoms with van der Waals surface area (Å²) in [5.41, 5.74) is 3.70. The van der Waals surface area contributed by atoms with E-state index in [0.717, 1.165) is 28.0 Å². The minimum Gasteiger partial charge on any atom is -0.434 e. The van der Waals surface area contributed by atoms with Crippen molar-refractivity contribution in [2.75, 3.05) is 0 Å². The van der Waals surface area contributed by atoms with Gasteiger partial charge in [-0.05, 0) is 55.0 Å². The molecule has 7 nitrogen and oxygen atoms in total. The molecule has 2 bridgehead atoms. The third kappa shape index (κ3) is 4.12. The third-order valence-corrected chi connectivity index (χ3v) is 7.60. The number of pyridine rings is 1. The molecule has 0 saturated heterocycles. The van der Waals surface area contributed by atoms with Gasteiger partial charge >= 0.3 is 6.61 Å². The number of aromatic nitrogens is 3. The molecule has 0 fully saturated rings. The van der Waals surface area contributed by atoms with Crippen LogP contribution in [0.25, 0.3) is 22.2 Å². The van der Waals surface area contributed by atoms with Crippen LogP contribution in [0.1, 0.15) is 59.8 Å². The molecule has 4 heterocycles. The van der Waals surface area contributed by atoms with Crippen molar-refractivity contribution < 1.29 is 23.4 Å². The SMILES string of the molecule is BC(B)(B)N1C(=O)c2cccc(OC(F)F)c2[C@H]2C[C@@H]1c1nc3ccc(-c4ccc(C(C)(C)O)nc4)cc3n12. The summed E-state index contributed by atoms with van der Waals surface area (Å²) >= 11 is 0. The van der Waals surface area contributed by atoms with Crippen molar-refractivity contribution in [3.63, 3.8) is 0 Å². The number of carbonyl (C=O) groups excluding carboxylic acids is 1. The fraction of sp³-hybridized carbons (Fsp3) is 0.296. The van der Waals surface area contributed by atoms with E-state index < -0.39 is 23.5 Å². The first kappa shape index (κ1) is 25.6. The summed E-state index contributed by atoms with van der Waals surface area (Å²) in [6, 6.07) is 13.6. The molecular formula is C27H27B3F2N4O3. The summed E-state index contributed by atoms with van der Waals surface area (Å²) in [4.78, 5) is 25.1. The van der Waals surface area contributed by atoms with Crippen LogP contribution in [-0.4, -0.2) is 65.8 Å². The van der Waals surface area contributed by atoms with Gasteiger partial charge in [0.2, 0.25) is 0 Å². The highest BCUT2D eigenvalue weighted by Crippen LogP contribution is 2.51. The molecular weight excluding hydrogens is 499 g/mol. The zero-order chi connectivity index (χ0) is 27.9. The molecule has 4 aromatic rings. The number of carbonyl (C=O) groups is 1. The first-order valence-corrected chi connectivity index (χ1v) is 13.0. The maximum absolute atomic E-state index is 13.9. The van der Waals surface area contributed by atoms with E-state index in [1.807, 2.05) is 52.7 Å². The van der Waals surface area contributed by atoms with E-state index in [1.165, 1.54) is 6.07 Å². The fourth-order valence-electron chi connectivity index (χ4n) is 5.99. The van der Waals surface area contributed by atoms with E-state index in [0.29, 0.717) is 23.2 Å². The average Bonchev–Trinajstić information content (AvgIpc) is 3.35. The molecule has 0 unspecified atom stereocenters. The Kier molecular flexibility index (Phi) is 5.70. The zero-order valence-corrected chi connectivity index (χ0v) is 22.4. The van der Waals surface area contributed by atoms with Crippen LogP contribution in [0.5, 0.6) is 5.75 Å². The lowest BCUT2D eigenvalue weighted by atomic mass is 9.48. The number of hydrogen-bond donors (Lipinski definition) is 1. The Labute approximate surface area is 227 Å². The number of hydrogen-bond acceptors (Lipinski definition) is 5. The normalized spacial score (nSPS) is 18.8. The number of alkyl halides is 2. The minimum atomic E-state index is -3.02. The second kappa shape index (κ2) is 8.68. The summed E-state index contributed by atoms with van der Waals surface area (Å²) in [7, 11) is 5.91.